The number of rotatable bonds is 4. The Hall–Kier alpha value is -3.92. The van der Waals surface area contributed by atoms with Gasteiger partial charge in [0.25, 0.3) is 11.5 Å². The Kier molecular flexibility index (Phi) is 5.54. The van der Waals surface area contributed by atoms with Crippen molar-refractivity contribution in [3.63, 3.8) is 0 Å². The predicted octanol–water partition coefficient (Wildman–Crippen LogP) is 0.146. The number of nitrogen functional groups attached to an aromatic ring is 1. The van der Waals surface area contributed by atoms with Gasteiger partial charge in [-0.3, -0.25) is 20.3 Å². The van der Waals surface area contributed by atoms with Gasteiger partial charge in [0.05, 0.1) is 11.2 Å². The second-order valence-corrected chi connectivity index (χ2v) is 7.03. The summed E-state index contributed by atoms with van der Waals surface area (Å²) in [7, 11) is 0. The van der Waals surface area contributed by atoms with Gasteiger partial charge in [0.1, 0.15) is 6.73 Å². The van der Waals surface area contributed by atoms with Crippen molar-refractivity contribution in [2.24, 2.45) is 5.73 Å². The molecule has 1 aromatic carbocycles. The smallest absolute Gasteiger partial charge is 0.347 e. The monoisotopic (exact) mass is 422 g/mol. The number of para-hydroxylation sites is 1. The Morgan fingerprint density at radius 2 is 1.71 bits per heavy atom. The zero-order chi connectivity index (χ0) is 22.0. The third-order valence-corrected chi connectivity index (χ3v) is 5.32. The number of fused-ring (bicyclic) bond motifs is 1. The lowest BCUT2D eigenvalue weighted by atomic mass is 10.1. The lowest BCUT2D eigenvalue weighted by Gasteiger charge is -2.37. The van der Waals surface area contributed by atoms with Crippen LogP contribution >= 0.6 is 0 Å². The molecule has 0 aliphatic carbocycles. The molecule has 31 heavy (non-hydrogen) atoms. The number of hydrogen-bond donors (Lipinski definition) is 2. The largest absolute Gasteiger partial charge is 0.446 e. The van der Waals surface area contributed by atoms with Crippen molar-refractivity contribution in [2.75, 3.05) is 43.7 Å². The highest BCUT2D eigenvalue weighted by Gasteiger charge is 2.30. The van der Waals surface area contributed by atoms with Crippen LogP contribution in [0.1, 0.15) is 20.7 Å². The second kappa shape index (κ2) is 8.44. The zero-order valence-electron chi connectivity index (χ0n) is 16.7. The fourth-order valence-corrected chi connectivity index (χ4v) is 3.82. The van der Waals surface area contributed by atoms with Gasteiger partial charge in [-0.2, -0.15) is 0 Å². The molecule has 4 rings (SSSR count). The Morgan fingerprint density at radius 3 is 2.39 bits per heavy atom. The van der Waals surface area contributed by atoms with Crippen molar-refractivity contribution >= 4 is 28.5 Å². The van der Waals surface area contributed by atoms with Gasteiger partial charge in [0.2, 0.25) is 0 Å². The standard InChI is InChI=1S/C21H22N6O4/c22-13-31-21(30)17-18(15-3-1-2-4-16(15)27(23)20(17)29)25-9-11-26(12-10-25)19(28)14-5-7-24-8-6-14/h1-8H,9-13,22-23H2. The maximum atomic E-state index is 12.9. The molecule has 1 saturated heterocycles. The maximum absolute atomic E-state index is 12.9. The van der Waals surface area contributed by atoms with Crippen molar-refractivity contribution in [1.82, 2.24) is 14.6 Å². The van der Waals surface area contributed by atoms with E-state index in [9.17, 15) is 14.4 Å². The van der Waals surface area contributed by atoms with E-state index in [0.29, 0.717) is 48.3 Å². The van der Waals surface area contributed by atoms with E-state index in [1.165, 1.54) is 0 Å². The van der Waals surface area contributed by atoms with E-state index in [4.69, 9.17) is 16.3 Å². The average Bonchev–Trinajstić information content (AvgIpc) is 2.81. The average molecular weight is 422 g/mol. The molecule has 1 aliphatic heterocycles. The van der Waals surface area contributed by atoms with Crippen LogP contribution in [-0.2, 0) is 4.74 Å². The fraction of sp³-hybridized carbons (Fsp3) is 0.238. The maximum Gasteiger partial charge on any atom is 0.347 e. The van der Waals surface area contributed by atoms with Crippen LogP contribution in [0.5, 0.6) is 0 Å². The van der Waals surface area contributed by atoms with Crippen LogP contribution in [0, 0.1) is 0 Å². The van der Waals surface area contributed by atoms with E-state index in [1.54, 1.807) is 53.7 Å². The van der Waals surface area contributed by atoms with E-state index >= 15 is 0 Å². The molecule has 3 heterocycles. The number of nitrogens with zero attached hydrogens (tertiary/aromatic N) is 4. The molecule has 10 nitrogen and oxygen atoms in total. The van der Waals surface area contributed by atoms with Crippen molar-refractivity contribution in [1.29, 1.82) is 0 Å². The van der Waals surface area contributed by atoms with Crippen molar-refractivity contribution in [3.05, 3.63) is 70.3 Å². The van der Waals surface area contributed by atoms with Crippen LogP contribution in [0.15, 0.2) is 53.6 Å². The number of benzene rings is 1. The lowest BCUT2D eigenvalue weighted by molar-refractivity contribution is 0.0512. The van der Waals surface area contributed by atoms with Crippen molar-refractivity contribution < 1.29 is 14.3 Å². The molecular formula is C21H22N6O4. The van der Waals surface area contributed by atoms with Gasteiger partial charge in [0, 0.05) is 49.5 Å². The topological polar surface area (TPSA) is 137 Å². The number of nitrogens with two attached hydrogens (primary N) is 2. The van der Waals surface area contributed by atoms with Crippen LogP contribution in [0.2, 0.25) is 0 Å². The van der Waals surface area contributed by atoms with E-state index in [2.05, 4.69) is 4.98 Å². The minimum absolute atomic E-state index is 0.0907. The van der Waals surface area contributed by atoms with Gasteiger partial charge in [-0.05, 0) is 18.2 Å². The Labute approximate surface area is 177 Å². The van der Waals surface area contributed by atoms with Gasteiger partial charge >= 0.3 is 5.97 Å². The second-order valence-electron chi connectivity index (χ2n) is 7.03. The summed E-state index contributed by atoms with van der Waals surface area (Å²) in [6.07, 6.45) is 3.15. The number of carbonyl (C=O) groups is 2. The predicted molar refractivity (Wildman–Crippen MR) is 115 cm³/mol. The molecule has 10 heteroatoms. The van der Waals surface area contributed by atoms with Crippen LogP contribution in [0.25, 0.3) is 10.9 Å². The number of piperazine rings is 1. The Balaban J connectivity index is 1.71. The first-order valence-corrected chi connectivity index (χ1v) is 9.77. The van der Waals surface area contributed by atoms with E-state index in [1.807, 2.05) is 4.90 Å². The molecule has 1 fully saturated rings. The van der Waals surface area contributed by atoms with E-state index in [0.717, 1.165) is 4.68 Å². The van der Waals surface area contributed by atoms with Gasteiger partial charge in [-0.1, -0.05) is 18.2 Å². The first-order valence-electron chi connectivity index (χ1n) is 9.77. The number of hydrogen-bond acceptors (Lipinski definition) is 8. The number of anilines is 1. The molecule has 0 radical (unpaired) electrons. The molecule has 4 N–H and O–H groups in total. The molecule has 0 spiro atoms. The third-order valence-electron chi connectivity index (χ3n) is 5.32. The molecule has 1 amide bonds. The minimum Gasteiger partial charge on any atom is -0.446 e. The summed E-state index contributed by atoms with van der Waals surface area (Å²) in [5.41, 5.74) is 6.02. The van der Waals surface area contributed by atoms with Gasteiger partial charge < -0.3 is 20.4 Å². The molecular weight excluding hydrogens is 400 g/mol. The SMILES string of the molecule is NCOC(=O)c1c(N2CCN(C(=O)c3ccncc3)CC2)c2ccccc2n(N)c1=O. The molecule has 0 saturated carbocycles. The summed E-state index contributed by atoms with van der Waals surface area (Å²) >= 11 is 0. The third kappa shape index (κ3) is 3.68. The quantitative estimate of drug-likeness (QED) is 0.344. The van der Waals surface area contributed by atoms with Gasteiger partial charge in [-0.15, -0.1) is 0 Å². The molecule has 0 atom stereocenters. The minimum atomic E-state index is -0.831. The first kappa shape index (κ1) is 20.4. The summed E-state index contributed by atoms with van der Waals surface area (Å²) in [5.74, 6) is 5.04. The van der Waals surface area contributed by atoms with Crippen molar-refractivity contribution in [2.45, 2.75) is 0 Å². The van der Waals surface area contributed by atoms with Crippen LogP contribution < -0.4 is 22.0 Å². The molecule has 2 aromatic heterocycles. The van der Waals surface area contributed by atoms with Gasteiger partial charge in [0.15, 0.2) is 5.56 Å². The first-order chi connectivity index (χ1) is 15.0. The zero-order valence-corrected chi connectivity index (χ0v) is 16.7. The lowest BCUT2D eigenvalue weighted by Crippen LogP contribution is -2.50. The summed E-state index contributed by atoms with van der Waals surface area (Å²) in [6, 6.07) is 10.4. The molecule has 3 aromatic rings. The van der Waals surface area contributed by atoms with Gasteiger partial charge in [-0.25, -0.2) is 9.47 Å². The highest BCUT2D eigenvalue weighted by molar-refractivity contribution is 6.05. The molecule has 0 unspecified atom stereocenters. The fourth-order valence-electron chi connectivity index (χ4n) is 3.82. The van der Waals surface area contributed by atoms with Crippen LogP contribution in [0.3, 0.4) is 0 Å². The number of esters is 1. The highest BCUT2D eigenvalue weighted by atomic mass is 16.5. The summed E-state index contributed by atoms with van der Waals surface area (Å²) < 4.78 is 5.87. The number of amides is 1. The van der Waals surface area contributed by atoms with Crippen molar-refractivity contribution in [3.8, 4) is 0 Å². The number of aromatic nitrogens is 2. The molecule has 1 aliphatic rings. The normalized spacial score (nSPS) is 14.0. The Morgan fingerprint density at radius 1 is 1.03 bits per heavy atom. The Bertz CT molecular complexity index is 1190. The highest BCUT2D eigenvalue weighted by Crippen LogP contribution is 2.30. The summed E-state index contributed by atoms with van der Waals surface area (Å²) in [6.45, 7) is 1.35. The van der Waals surface area contributed by atoms with E-state index < -0.39 is 11.5 Å². The number of carbonyl (C=O) groups excluding carboxylic acids is 2. The molecule has 0 bridgehead atoms. The summed E-state index contributed by atoms with van der Waals surface area (Å²) in [4.78, 5) is 45.8. The number of pyridine rings is 2. The van der Waals surface area contributed by atoms with Crippen LogP contribution in [-0.4, -0.2) is 59.3 Å². The number of ether oxygens (including phenoxy) is 1. The van der Waals surface area contributed by atoms with E-state index in [-0.39, 0.29) is 18.2 Å². The summed E-state index contributed by atoms with van der Waals surface area (Å²) in [5, 5.41) is 0.641. The van der Waals surface area contributed by atoms with Crippen LogP contribution in [0.4, 0.5) is 5.69 Å². The molecule has 160 valence electrons.